The number of amides is 2. The van der Waals surface area contributed by atoms with Crippen LogP contribution in [0.1, 0.15) is 42.1 Å². The maximum absolute atomic E-state index is 12.3. The van der Waals surface area contributed by atoms with Crippen LogP contribution in [-0.4, -0.2) is 35.8 Å². The summed E-state index contributed by atoms with van der Waals surface area (Å²) in [6.07, 6.45) is 3.39. The highest BCUT2D eigenvalue weighted by Gasteiger charge is 2.17. The highest BCUT2D eigenvalue weighted by atomic mass is 35.5. The van der Waals surface area contributed by atoms with Crippen molar-refractivity contribution in [2.24, 2.45) is 5.73 Å². The first-order chi connectivity index (χ1) is 10.1. The van der Waals surface area contributed by atoms with Gasteiger partial charge in [-0.1, -0.05) is 12.1 Å². The lowest BCUT2D eigenvalue weighted by Gasteiger charge is -2.26. The number of hydrogen-bond acceptors (Lipinski definition) is 3. The van der Waals surface area contributed by atoms with Crippen molar-refractivity contribution in [1.82, 2.24) is 10.2 Å². The molecule has 0 radical (unpaired) electrons. The van der Waals surface area contributed by atoms with Gasteiger partial charge in [-0.05, 0) is 43.9 Å². The molecule has 0 spiro atoms. The van der Waals surface area contributed by atoms with Gasteiger partial charge in [0.1, 0.15) is 0 Å². The Balaban J connectivity index is 0.00000242. The second kappa shape index (κ2) is 8.76. The van der Waals surface area contributed by atoms with Crippen LogP contribution in [0.4, 0.5) is 0 Å². The SMILES string of the molecule is CC(N)C(=O)NCc1ccc(C(=O)N2CCCCC2)cc1.Cl. The molecule has 122 valence electrons. The van der Waals surface area contributed by atoms with E-state index in [0.717, 1.165) is 31.5 Å². The smallest absolute Gasteiger partial charge is 0.253 e. The maximum Gasteiger partial charge on any atom is 0.253 e. The van der Waals surface area contributed by atoms with Crippen molar-refractivity contribution in [2.75, 3.05) is 13.1 Å². The quantitative estimate of drug-likeness (QED) is 0.884. The Morgan fingerprint density at radius 1 is 1.18 bits per heavy atom. The summed E-state index contributed by atoms with van der Waals surface area (Å²) in [6.45, 7) is 3.78. The minimum Gasteiger partial charge on any atom is -0.351 e. The third kappa shape index (κ3) is 5.00. The molecule has 0 bridgehead atoms. The second-order valence-electron chi connectivity index (χ2n) is 5.56. The topological polar surface area (TPSA) is 75.4 Å². The Bertz CT molecular complexity index is 497. The van der Waals surface area contributed by atoms with Crippen LogP contribution < -0.4 is 11.1 Å². The van der Waals surface area contributed by atoms with Gasteiger partial charge >= 0.3 is 0 Å². The number of rotatable bonds is 4. The Morgan fingerprint density at radius 3 is 2.32 bits per heavy atom. The average molecular weight is 326 g/mol. The molecule has 5 nitrogen and oxygen atoms in total. The molecule has 0 aromatic heterocycles. The van der Waals surface area contributed by atoms with E-state index in [0.29, 0.717) is 12.1 Å². The Labute approximate surface area is 137 Å². The molecule has 6 heteroatoms. The van der Waals surface area contributed by atoms with Crippen LogP contribution >= 0.6 is 12.4 Å². The molecule has 1 aromatic rings. The fourth-order valence-corrected chi connectivity index (χ4v) is 2.39. The van der Waals surface area contributed by atoms with E-state index >= 15 is 0 Å². The fourth-order valence-electron chi connectivity index (χ4n) is 2.39. The van der Waals surface area contributed by atoms with Gasteiger partial charge in [0.15, 0.2) is 0 Å². The summed E-state index contributed by atoms with van der Waals surface area (Å²) in [6, 6.07) is 6.89. The molecule has 0 saturated carbocycles. The molecule has 1 aliphatic rings. The molecule has 1 aliphatic heterocycles. The lowest BCUT2D eigenvalue weighted by Crippen LogP contribution is -2.37. The van der Waals surface area contributed by atoms with Crippen molar-refractivity contribution in [3.8, 4) is 0 Å². The molecule has 0 aliphatic carbocycles. The Kier molecular flexibility index (Phi) is 7.35. The van der Waals surface area contributed by atoms with Crippen LogP contribution in [0, 0.1) is 0 Å². The van der Waals surface area contributed by atoms with Gasteiger partial charge in [-0.25, -0.2) is 0 Å². The predicted octanol–water partition coefficient (Wildman–Crippen LogP) is 1.70. The third-order valence-electron chi connectivity index (χ3n) is 3.72. The Hall–Kier alpha value is -1.59. The summed E-state index contributed by atoms with van der Waals surface area (Å²) in [5, 5.41) is 2.75. The summed E-state index contributed by atoms with van der Waals surface area (Å²) < 4.78 is 0. The minimum absolute atomic E-state index is 0. The van der Waals surface area contributed by atoms with Crippen LogP contribution in [0.15, 0.2) is 24.3 Å². The summed E-state index contributed by atoms with van der Waals surface area (Å²) in [4.78, 5) is 25.6. The van der Waals surface area contributed by atoms with E-state index < -0.39 is 6.04 Å². The van der Waals surface area contributed by atoms with Gasteiger partial charge in [0, 0.05) is 25.2 Å². The van der Waals surface area contributed by atoms with Gasteiger partial charge in [0.2, 0.25) is 5.91 Å². The summed E-state index contributed by atoms with van der Waals surface area (Å²) >= 11 is 0. The van der Waals surface area contributed by atoms with Crippen LogP contribution in [0.3, 0.4) is 0 Å². The molecular weight excluding hydrogens is 302 g/mol. The van der Waals surface area contributed by atoms with Crippen LogP contribution in [0.5, 0.6) is 0 Å². The van der Waals surface area contributed by atoms with Crippen molar-refractivity contribution < 1.29 is 9.59 Å². The number of nitrogens with two attached hydrogens (primary N) is 1. The van der Waals surface area contributed by atoms with Gasteiger partial charge < -0.3 is 16.0 Å². The number of carbonyl (C=O) groups excluding carboxylic acids is 2. The summed E-state index contributed by atoms with van der Waals surface area (Å²) in [7, 11) is 0. The zero-order valence-corrected chi connectivity index (χ0v) is 13.7. The van der Waals surface area contributed by atoms with Gasteiger partial charge in [0.25, 0.3) is 5.91 Å². The molecule has 1 fully saturated rings. The first kappa shape index (κ1) is 18.5. The van der Waals surface area contributed by atoms with E-state index in [1.54, 1.807) is 6.92 Å². The number of nitrogens with zero attached hydrogens (tertiary/aromatic N) is 1. The molecule has 1 heterocycles. The largest absolute Gasteiger partial charge is 0.351 e. The standard InChI is InChI=1S/C16H23N3O2.ClH/c1-12(17)15(20)18-11-13-5-7-14(8-6-13)16(21)19-9-3-2-4-10-19;/h5-8,12H,2-4,9-11,17H2,1H3,(H,18,20);1H. The van der Waals surface area contributed by atoms with Crippen molar-refractivity contribution in [3.05, 3.63) is 35.4 Å². The number of nitrogens with one attached hydrogen (secondary N) is 1. The first-order valence-corrected chi connectivity index (χ1v) is 7.49. The minimum atomic E-state index is -0.509. The highest BCUT2D eigenvalue weighted by molar-refractivity contribution is 5.94. The average Bonchev–Trinajstić information content (AvgIpc) is 2.53. The van der Waals surface area contributed by atoms with Crippen molar-refractivity contribution in [2.45, 2.75) is 38.8 Å². The van der Waals surface area contributed by atoms with Gasteiger partial charge in [-0.15, -0.1) is 12.4 Å². The number of likely N-dealkylation sites (tertiary alicyclic amines) is 1. The molecule has 1 saturated heterocycles. The molecule has 3 N–H and O–H groups in total. The van der Waals surface area contributed by atoms with E-state index in [4.69, 9.17) is 5.73 Å². The predicted molar refractivity (Wildman–Crippen MR) is 88.9 cm³/mol. The molecular formula is C16H24ClN3O2. The van der Waals surface area contributed by atoms with Crippen LogP contribution in [0.2, 0.25) is 0 Å². The van der Waals surface area contributed by atoms with E-state index in [1.165, 1.54) is 6.42 Å². The zero-order chi connectivity index (χ0) is 15.2. The highest BCUT2D eigenvalue weighted by Crippen LogP contribution is 2.13. The number of carbonyl (C=O) groups is 2. The van der Waals surface area contributed by atoms with Gasteiger partial charge in [0.05, 0.1) is 6.04 Å². The van der Waals surface area contributed by atoms with Crippen LogP contribution in [-0.2, 0) is 11.3 Å². The monoisotopic (exact) mass is 325 g/mol. The van der Waals surface area contributed by atoms with Crippen LogP contribution in [0.25, 0.3) is 0 Å². The fraction of sp³-hybridized carbons (Fsp3) is 0.500. The molecule has 1 atom stereocenters. The number of hydrogen-bond donors (Lipinski definition) is 2. The van der Waals surface area contributed by atoms with E-state index in [9.17, 15) is 9.59 Å². The maximum atomic E-state index is 12.3. The number of benzene rings is 1. The number of piperidine rings is 1. The molecule has 22 heavy (non-hydrogen) atoms. The molecule has 1 unspecified atom stereocenters. The second-order valence-corrected chi connectivity index (χ2v) is 5.56. The van der Waals surface area contributed by atoms with Crippen molar-refractivity contribution >= 4 is 24.2 Å². The molecule has 2 amide bonds. The normalized spacial score (nSPS) is 15.6. The zero-order valence-electron chi connectivity index (χ0n) is 12.9. The van der Waals surface area contributed by atoms with Gasteiger partial charge in [-0.3, -0.25) is 9.59 Å². The first-order valence-electron chi connectivity index (χ1n) is 7.49. The van der Waals surface area contributed by atoms with Crippen molar-refractivity contribution in [3.63, 3.8) is 0 Å². The van der Waals surface area contributed by atoms with Crippen molar-refractivity contribution in [1.29, 1.82) is 0 Å². The Morgan fingerprint density at radius 2 is 1.77 bits per heavy atom. The molecule has 1 aromatic carbocycles. The van der Waals surface area contributed by atoms with E-state index in [1.807, 2.05) is 29.2 Å². The van der Waals surface area contributed by atoms with Gasteiger partial charge in [-0.2, -0.15) is 0 Å². The molecule has 2 rings (SSSR count). The summed E-state index contributed by atoms with van der Waals surface area (Å²) in [5.74, 6) is -0.0793. The van der Waals surface area contributed by atoms with E-state index in [2.05, 4.69) is 5.32 Å². The number of halogens is 1. The van der Waals surface area contributed by atoms with E-state index in [-0.39, 0.29) is 24.2 Å². The third-order valence-corrected chi connectivity index (χ3v) is 3.72. The lowest BCUT2D eigenvalue weighted by molar-refractivity contribution is -0.122. The lowest BCUT2D eigenvalue weighted by atomic mass is 10.1. The summed E-state index contributed by atoms with van der Waals surface area (Å²) in [5.41, 5.74) is 7.15.